The monoisotopic (exact) mass is 361 g/mol. The normalized spacial score (nSPS) is 10.8. The molecule has 22 heavy (non-hydrogen) atoms. The molecule has 8 heteroatoms. The van der Waals surface area contributed by atoms with Crippen molar-refractivity contribution in [3.8, 4) is 0 Å². The van der Waals surface area contributed by atoms with Crippen LogP contribution in [0.25, 0.3) is 0 Å². The molecule has 0 bridgehead atoms. The minimum atomic E-state index is -4.16. The maximum atomic E-state index is 11.3. The molecular weight excluding hydrogens is 333 g/mol. The second kappa shape index (κ2) is 15.1. The molecule has 0 heterocycles. The van der Waals surface area contributed by atoms with Gasteiger partial charge in [-0.1, -0.05) is 58.3 Å². The van der Waals surface area contributed by atoms with Crippen LogP contribution in [0.4, 0.5) is 0 Å². The van der Waals surface area contributed by atoms with E-state index in [1.165, 1.54) is 32.1 Å². The van der Waals surface area contributed by atoms with E-state index in [1.54, 1.807) is 0 Å². The van der Waals surface area contributed by atoms with Crippen molar-refractivity contribution in [2.75, 3.05) is 5.75 Å². The first-order valence-corrected chi connectivity index (χ1v) is 9.18. The summed E-state index contributed by atoms with van der Waals surface area (Å²) in [7, 11) is -4.16. The number of rotatable bonds is 13. The van der Waals surface area contributed by atoms with E-state index >= 15 is 0 Å². The zero-order valence-electron chi connectivity index (χ0n) is 12.8. The van der Waals surface area contributed by atoms with E-state index in [0.717, 1.165) is 19.3 Å². The first kappa shape index (κ1) is 24.8. The molecule has 0 aliphatic carbocycles. The van der Waals surface area contributed by atoms with Gasteiger partial charge in [-0.3, -0.25) is 9.59 Å². The van der Waals surface area contributed by atoms with Crippen molar-refractivity contribution in [2.45, 2.75) is 71.1 Å². The molecule has 1 amide bonds. The summed E-state index contributed by atoms with van der Waals surface area (Å²) < 4.78 is 26.6. The Kier molecular flexibility index (Phi) is 17.0. The van der Waals surface area contributed by atoms with Crippen LogP contribution in [0.5, 0.6) is 0 Å². The molecule has 0 rings (SSSR count). The molecule has 0 fully saturated rings. The summed E-state index contributed by atoms with van der Waals surface area (Å²) in [6.07, 6.45) is 9.95. The maximum absolute atomic E-state index is 11.3. The summed E-state index contributed by atoms with van der Waals surface area (Å²) in [5.41, 5.74) is 4.74. The quantitative estimate of drug-likeness (QED) is 0.305. The average molecular weight is 362 g/mol. The van der Waals surface area contributed by atoms with Crippen molar-refractivity contribution in [3.63, 3.8) is 0 Å². The second-order valence-electron chi connectivity index (χ2n) is 5.20. The summed E-state index contributed by atoms with van der Waals surface area (Å²) >= 11 is 0. The Bertz CT molecular complexity index is 411. The van der Waals surface area contributed by atoms with Gasteiger partial charge in [-0.25, -0.2) is 0 Å². The van der Waals surface area contributed by atoms with Crippen molar-refractivity contribution in [3.05, 3.63) is 0 Å². The molecule has 0 aromatic rings. The zero-order chi connectivity index (χ0) is 16.1. The summed E-state index contributed by atoms with van der Waals surface area (Å²) in [6.45, 7) is 2.18. The number of carbonyl (C=O) groups excluding carboxylic acids is 2. The van der Waals surface area contributed by atoms with E-state index < -0.39 is 27.7 Å². The molecule has 0 aliphatic rings. The Hall–Kier alpha value is 0.526. The number of amides is 1. The Morgan fingerprint density at radius 2 is 1.36 bits per heavy atom. The van der Waals surface area contributed by atoms with E-state index in [2.05, 4.69) is 11.1 Å². The van der Waals surface area contributed by atoms with Gasteiger partial charge in [0.2, 0.25) is 5.91 Å². The van der Waals surface area contributed by atoms with Gasteiger partial charge in [0.05, 0.1) is 0 Å². The van der Waals surface area contributed by atoms with Crippen molar-refractivity contribution in [2.24, 2.45) is 5.73 Å². The van der Waals surface area contributed by atoms with Crippen LogP contribution in [0.3, 0.4) is 0 Å². The van der Waals surface area contributed by atoms with Gasteiger partial charge in [-0.05, 0) is 6.42 Å². The summed E-state index contributed by atoms with van der Waals surface area (Å²) in [5.74, 6) is -2.82. The standard InChI is InChI=1S/C14H27NO5S.K.H/c1-2-3-4-5-6-7-8-9-10-11-14(17)20-21(18,19)12-13(15)16;;/h2-12H2,1H3,(H2,15,16);;. The van der Waals surface area contributed by atoms with E-state index in [4.69, 9.17) is 5.73 Å². The fraction of sp³-hybridized carbons (Fsp3) is 0.857. The third kappa shape index (κ3) is 16.9. The van der Waals surface area contributed by atoms with Crippen LogP contribution in [0.1, 0.15) is 71.1 Å². The van der Waals surface area contributed by atoms with Gasteiger partial charge in [0.15, 0.2) is 5.75 Å². The molecule has 0 spiro atoms. The number of hydrogen-bond acceptors (Lipinski definition) is 5. The van der Waals surface area contributed by atoms with Gasteiger partial charge >= 0.3 is 67.5 Å². The molecule has 6 nitrogen and oxygen atoms in total. The predicted octanol–water partition coefficient (Wildman–Crippen LogP) is 1.62. The SMILES string of the molecule is CCCCCCCCCCCC(=O)OS(=O)(=O)CC(N)=O.[KH]. The molecule has 0 aromatic heterocycles. The van der Waals surface area contributed by atoms with Crippen molar-refractivity contribution in [1.29, 1.82) is 0 Å². The molecule has 0 saturated heterocycles. The fourth-order valence-electron chi connectivity index (χ4n) is 1.97. The van der Waals surface area contributed by atoms with Crippen LogP contribution in [-0.4, -0.2) is 77.4 Å². The van der Waals surface area contributed by atoms with Crippen LogP contribution in [0, 0.1) is 0 Å². The Balaban J connectivity index is 0. The summed E-state index contributed by atoms with van der Waals surface area (Å²) in [6, 6.07) is 0. The molecule has 126 valence electrons. The van der Waals surface area contributed by atoms with E-state index in [9.17, 15) is 18.0 Å². The molecule has 0 unspecified atom stereocenters. The Labute approximate surface area is 176 Å². The van der Waals surface area contributed by atoms with E-state index in [-0.39, 0.29) is 57.8 Å². The van der Waals surface area contributed by atoms with Crippen molar-refractivity contribution < 1.29 is 22.2 Å². The third-order valence-corrected chi connectivity index (χ3v) is 4.10. The van der Waals surface area contributed by atoms with E-state index in [0.29, 0.717) is 6.42 Å². The predicted molar refractivity (Wildman–Crippen MR) is 88.1 cm³/mol. The number of hydrogen-bond donors (Lipinski definition) is 1. The molecule has 0 atom stereocenters. The number of primary amides is 1. The molecule has 0 radical (unpaired) electrons. The van der Waals surface area contributed by atoms with Crippen LogP contribution in [-0.2, 0) is 23.9 Å². The number of carbonyl (C=O) groups is 2. The van der Waals surface area contributed by atoms with E-state index in [1.807, 2.05) is 0 Å². The van der Waals surface area contributed by atoms with Gasteiger partial charge in [-0.2, -0.15) is 8.42 Å². The van der Waals surface area contributed by atoms with Crippen LogP contribution >= 0.6 is 0 Å². The first-order valence-electron chi connectivity index (χ1n) is 7.60. The second-order valence-corrected chi connectivity index (χ2v) is 6.77. The topological polar surface area (TPSA) is 104 Å². The number of nitrogens with two attached hydrogens (primary N) is 1. The third-order valence-electron chi connectivity index (χ3n) is 3.02. The molecule has 0 saturated carbocycles. The molecule has 2 N–H and O–H groups in total. The summed E-state index contributed by atoms with van der Waals surface area (Å²) in [4.78, 5) is 21.8. The van der Waals surface area contributed by atoms with Crippen LogP contribution in [0.15, 0.2) is 0 Å². The van der Waals surface area contributed by atoms with Gasteiger partial charge in [0, 0.05) is 6.42 Å². The van der Waals surface area contributed by atoms with Gasteiger partial charge in [0.1, 0.15) is 0 Å². The molecule has 0 aliphatic heterocycles. The van der Waals surface area contributed by atoms with Gasteiger partial charge in [0.25, 0.3) is 0 Å². The van der Waals surface area contributed by atoms with Crippen LogP contribution < -0.4 is 5.73 Å². The average Bonchev–Trinajstić information content (AvgIpc) is 2.34. The van der Waals surface area contributed by atoms with Gasteiger partial charge < -0.3 is 9.92 Å². The molecule has 0 aromatic carbocycles. The summed E-state index contributed by atoms with van der Waals surface area (Å²) in [5, 5.41) is 0. The first-order chi connectivity index (χ1) is 9.87. The fourth-order valence-corrected chi connectivity index (χ4v) is 2.74. The Morgan fingerprint density at radius 3 is 1.82 bits per heavy atom. The zero-order valence-corrected chi connectivity index (χ0v) is 13.6. The Morgan fingerprint density at radius 1 is 0.909 bits per heavy atom. The minimum absolute atomic E-state index is 0. The van der Waals surface area contributed by atoms with Crippen molar-refractivity contribution >= 4 is 73.4 Å². The van der Waals surface area contributed by atoms with Gasteiger partial charge in [-0.15, -0.1) is 0 Å². The number of unbranched alkanes of at least 4 members (excludes halogenated alkanes) is 8. The van der Waals surface area contributed by atoms with Crippen LogP contribution in [0.2, 0.25) is 0 Å². The molecular formula is C14H28KNO5S. The van der Waals surface area contributed by atoms with Crippen molar-refractivity contribution in [1.82, 2.24) is 0 Å².